The molecule has 2 unspecified atom stereocenters. The lowest BCUT2D eigenvalue weighted by molar-refractivity contribution is -0.127. The van der Waals surface area contributed by atoms with E-state index in [1.807, 2.05) is 31.3 Å². The van der Waals surface area contributed by atoms with E-state index in [9.17, 15) is 4.79 Å². The van der Waals surface area contributed by atoms with Gasteiger partial charge in [-0.15, -0.1) is 0 Å². The van der Waals surface area contributed by atoms with Gasteiger partial charge in [0.25, 0.3) is 5.91 Å². The first-order valence-corrected chi connectivity index (χ1v) is 6.85. The average Bonchev–Trinajstić information content (AvgIpc) is 3.22. The van der Waals surface area contributed by atoms with Gasteiger partial charge < -0.3 is 15.4 Å². The van der Waals surface area contributed by atoms with E-state index in [4.69, 9.17) is 4.74 Å². The van der Waals surface area contributed by atoms with Gasteiger partial charge in [-0.1, -0.05) is 18.2 Å². The first-order valence-electron chi connectivity index (χ1n) is 6.85. The summed E-state index contributed by atoms with van der Waals surface area (Å²) in [6, 6.07) is 8.38. The maximum Gasteiger partial charge on any atom is 0.260 e. The van der Waals surface area contributed by atoms with E-state index in [0.29, 0.717) is 6.04 Å². The Balaban J connectivity index is 2.02. The van der Waals surface area contributed by atoms with Gasteiger partial charge in [0.05, 0.1) is 0 Å². The van der Waals surface area contributed by atoms with Gasteiger partial charge >= 0.3 is 0 Å². The SMILES string of the molecule is CNC(C)c1ccccc1OC(C)C(=O)NC1CC1. The third-order valence-electron chi connectivity index (χ3n) is 3.42. The molecule has 0 radical (unpaired) electrons. The standard InChI is InChI=1S/C15H22N2O2/c1-10(16-3)13-6-4-5-7-14(13)19-11(2)15(18)17-12-8-9-12/h4-7,10-12,16H,8-9H2,1-3H3,(H,17,18). The summed E-state index contributed by atoms with van der Waals surface area (Å²) in [5, 5.41) is 6.14. The van der Waals surface area contributed by atoms with Crippen molar-refractivity contribution in [2.75, 3.05) is 7.05 Å². The largest absolute Gasteiger partial charge is 0.481 e. The van der Waals surface area contributed by atoms with Crippen LogP contribution in [0.3, 0.4) is 0 Å². The average molecular weight is 262 g/mol. The van der Waals surface area contributed by atoms with Gasteiger partial charge in [0.15, 0.2) is 6.10 Å². The number of carbonyl (C=O) groups is 1. The van der Waals surface area contributed by atoms with Crippen LogP contribution in [0.2, 0.25) is 0 Å². The first kappa shape index (κ1) is 13.9. The molecule has 4 heteroatoms. The van der Waals surface area contributed by atoms with Crippen molar-refractivity contribution in [2.45, 2.75) is 44.9 Å². The number of hydrogen-bond donors (Lipinski definition) is 2. The smallest absolute Gasteiger partial charge is 0.260 e. The summed E-state index contributed by atoms with van der Waals surface area (Å²) in [7, 11) is 1.91. The molecular formula is C15H22N2O2. The molecule has 104 valence electrons. The number of hydrogen-bond acceptors (Lipinski definition) is 3. The number of rotatable bonds is 6. The maximum absolute atomic E-state index is 11.9. The van der Waals surface area contributed by atoms with E-state index in [1.54, 1.807) is 6.92 Å². The molecule has 2 atom stereocenters. The fourth-order valence-electron chi connectivity index (χ4n) is 1.89. The van der Waals surface area contributed by atoms with Crippen molar-refractivity contribution in [3.8, 4) is 5.75 Å². The second kappa shape index (κ2) is 6.06. The molecule has 0 saturated heterocycles. The summed E-state index contributed by atoms with van der Waals surface area (Å²) in [6.45, 7) is 3.86. The van der Waals surface area contributed by atoms with E-state index in [0.717, 1.165) is 24.2 Å². The van der Waals surface area contributed by atoms with Crippen molar-refractivity contribution in [2.24, 2.45) is 0 Å². The second-order valence-corrected chi connectivity index (χ2v) is 5.09. The van der Waals surface area contributed by atoms with Gasteiger partial charge in [-0.2, -0.15) is 0 Å². The molecule has 1 fully saturated rings. The highest BCUT2D eigenvalue weighted by Gasteiger charge is 2.26. The van der Waals surface area contributed by atoms with Crippen LogP contribution in [0, 0.1) is 0 Å². The Hall–Kier alpha value is -1.55. The monoisotopic (exact) mass is 262 g/mol. The fourth-order valence-corrected chi connectivity index (χ4v) is 1.89. The molecule has 0 aromatic heterocycles. The molecule has 4 nitrogen and oxygen atoms in total. The highest BCUT2D eigenvalue weighted by atomic mass is 16.5. The predicted molar refractivity (Wildman–Crippen MR) is 75.2 cm³/mol. The molecule has 1 aliphatic rings. The van der Waals surface area contributed by atoms with Crippen LogP contribution < -0.4 is 15.4 Å². The second-order valence-electron chi connectivity index (χ2n) is 5.09. The molecule has 0 aliphatic heterocycles. The fraction of sp³-hybridized carbons (Fsp3) is 0.533. The molecule has 19 heavy (non-hydrogen) atoms. The van der Waals surface area contributed by atoms with Crippen molar-refractivity contribution in [1.29, 1.82) is 0 Å². The van der Waals surface area contributed by atoms with Gasteiger partial charge in [0, 0.05) is 17.6 Å². The summed E-state index contributed by atoms with van der Waals surface area (Å²) in [4.78, 5) is 11.9. The minimum atomic E-state index is -0.467. The summed E-state index contributed by atoms with van der Waals surface area (Å²) in [5.74, 6) is 0.734. The zero-order chi connectivity index (χ0) is 13.8. The van der Waals surface area contributed by atoms with Crippen LogP contribution in [0.25, 0.3) is 0 Å². The van der Waals surface area contributed by atoms with Crippen LogP contribution in [-0.4, -0.2) is 25.1 Å². The van der Waals surface area contributed by atoms with Crippen molar-refractivity contribution < 1.29 is 9.53 Å². The lowest BCUT2D eigenvalue weighted by Crippen LogP contribution is -2.37. The van der Waals surface area contributed by atoms with Gasteiger partial charge in [-0.25, -0.2) is 0 Å². The van der Waals surface area contributed by atoms with Crippen LogP contribution in [0.4, 0.5) is 0 Å². The molecule has 0 spiro atoms. The van der Waals surface area contributed by atoms with Crippen LogP contribution in [0.15, 0.2) is 24.3 Å². The molecule has 1 aromatic carbocycles. The Morgan fingerprint density at radius 2 is 2.00 bits per heavy atom. The van der Waals surface area contributed by atoms with Gasteiger partial charge in [-0.05, 0) is 39.8 Å². The van der Waals surface area contributed by atoms with Crippen LogP contribution in [-0.2, 0) is 4.79 Å². The highest BCUT2D eigenvalue weighted by Crippen LogP contribution is 2.26. The van der Waals surface area contributed by atoms with Gasteiger partial charge in [-0.3, -0.25) is 4.79 Å². The summed E-state index contributed by atoms with van der Waals surface area (Å²) in [5.41, 5.74) is 1.07. The van der Waals surface area contributed by atoms with Crippen molar-refractivity contribution in [3.63, 3.8) is 0 Å². The number of nitrogens with one attached hydrogen (secondary N) is 2. The van der Waals surface area contributed by atoms with Gasteiger partial charge in [0.1, 0.15) is 5.75 Å². The van der Waals surface area contributed by atoms with Crippen molar-refractivity contribution in [3.05, 3.63) is 29.8 Å². The zero-order valence-electron chi connectivity index (χ0n) is 11.8. The third kappa shape index (κ3) is 3.70. The lowest BCUT2D eigenvalue weighted by Gasteiger charge is -2.20. The van der Waals surface area contributed by atoms with Crippen LogP contribution >= 0.6 is 0 Å². The predicted octanol–water partition coefficient (Wildman–Crippen LogP) is 2.01. The number of ether oxygens (including phenoxy) is 1. The molecule has 2 N–H and O–H groups in total. The normalized spacial score (nSPS) is 17.6. The minimum Gasteiger partial charge on any atom is -0.481 e. The molecule has 1 aliphatic carbocycles. The Morgan fingerprint density at radius 3 is 2.63 bits per heavy atom. The number of carbonyl (C=O) groups excluding carboxylic acids is 1. The lowest BCUT2D eigenvalue weighted by atomic mass is 10.1. The molecule has 0 bridgehead atoms. The zero-order valence-corrected chi connectivity index (χ0v) is 11.8. The highest BCUT2D eigenvalue weighted by molar-refractivity contribution is 5.81. The maximum atomic E-state index is 11.9. The topological polar surface area (TPSA) is 50.4 Å². The molecule has 1 saturated carbocycles. The third-order valence-corrected chi connectivity index (χ3v) is 3.42. The molecule has 2 rings (SSSR count). The van der Waals surface area contributed by atoms with Crippen molar-refractivity contribution in [1.82, 2.24) is 10.6 Å². The Morgan fingerprint density at radius 1 is 1.32 bits per heavy atom. The van der Waals surface area contributed by atoms with Crippen LogP contribution in [0.1, 0.15) is 38.3 Å². The Kier molecular flexibility index (Phi) is 4.43. The molecular weight excluding hydrogens is 240 g/mol. The van der Waals surface area contributed by atoms with Crippen LogP contribution in [0.5, 0.6) is 5.75 Å². The van der Waals surface area contributed by atoms with E-state index >= 15 is 0 Å². The quantitative estimate of drug-likeness (QED) is 0.824. The molecule has 1 amide bonds. The number of amides is 1. The molecule has 1 aromatic rings. The first-order chi connectivity index (χ1) is 9.11. The van der Waals surface area contributed by atoms with E-state index < -0.39 is 6.10 Å². The number of benzene rings is 1. The summed E-state index contributed by atoms with van der Waals surface area (Å²) >= 11 is 0. The van der Waals surface area contributed by atoms with Gasteiger partial charge in [0.2, 0.25) is 0 Å². The summed E-state index contributed by atoms with van der Waals surface area (Å²) in [6.07, 6.45) is 1.71. The van der Waals surface area contributed by atoms with E-state index in [1.165, 1.54) is 0 Å². The summed E-state index contributed by atoms with van der Waals surface area (Å²) < 4.78 is 5.81. The minimum absolute atomic E-state index is 0.0330. The Bertz CT molecular complexity index is 444. The van der Waals surface area contributed by atoms with Crippen molar-refractivity contribution >= 4 is 5.91 Å². The number of para-hydroxylation sites is 1. The van der Waals surface area contributed by atoms with E-state index in [-0.39, 0.29) is 11.9 Å². The molecule has 0 heterocycles. The Labute approximate surface area is 114 Å². The van der Waals surface area contributed by atoms with E-state index in [2.05, 4.69) is 17.6 Å².